The molecule has 12 heteroatoms. The van der Waals surface area contributed by atoms with Crippen LogP contribution < -0.4 is 20.1 Å². The zero-order valence-corrected chi connectivity index (χ0v) is 23.5. The van der Waals surface area contributed by atoms with Crippen LogP contribution in [-0.2, 0) is 34.0 Å². The maximum absolute atomic E-state index is 11.8. The second-order valence-corrected chi connectivity index (χ2v) is 9.18. The molecule has 40 heavy (non-hydrogen) atoms. The molecule has 0 radical (unpaired) electrons. The summed E-state index contributed by atoms with van der Waals surface area (Å²) in [5.41, 5.74) is 0.873. The van der Waals surface area contributed by atoms with Crippen LogP contribution in [0.15, 0.2) is 43.5 Å². The normalized spacial score (nSPS) is 10.5. The second-order valence-electron chi connectivity index (χ2n) is 9.18. The summed E-state index contributed by atoms with van der Waals surface area (Å²) in [4.78, 5) is 45.5. The van der Waals surface area contributed by atoms with Crippen molar-refractivity contribution in [2.45, 2.75) is 39.0 Å². The van der Waals surface area contributed by atoms with Crippen LogP contribution in [0.3, 0.4) is 0 Å². The van der Waals surface area contributed by atoms with Crippen molar-refractivity contribution in [3.8, 4) is 11.5 Å². The van der Waals surface area contributed by atoms with Crippen LogP contribution in [0.25, 0.3) is 0 Å². The summed E-state index contributed by atoms with van der Waals surface area (Å²) in [6.07, 6.45) is 1.77. The maximum Gasteiger partial charge on any atom is 0.407 e. The summed E-state index contributed by atoms with van der Waals surface area (Å²) >= 11 is 0. The molecule has 2 N–H and O–H groups in total. The van der Waals surface area contributed by atoms with Crippen LogP contribution in [0.4, 0.5) is 9.59 Å². The Morgan fingerprint density at radius 2 is 1.18 bits per heavy atom. The largest absolute Gasteiger partial charge is 0.486 e. The Hall–Kier alpha value is -4.22. The molecule has 1 aromatic carbocycles. The molecule has 12 nitrogen and oxygen atoms in total. The zero-order valence-electron chi connectivity index (χ0n) is 23.5. The molecule has 0 aromatic heterocycles. The van der Waals surface area contributed by atoms with Crippen LogP contribution in [0.5, 0.6) is 11.5 Å². The lowest BCUT2D eigenvalue weighted by Crippen LogP contribution is -2.28. The van der Waals surface area contributed by atoms with Gasteiger partial charge in [-0.2, -0.15) is 0 Å². The fraction of sp³-hybridized carbons (Fsp3) is 0.500. The molecule has 0 aliphatic carbocycles. The Labute approximate surface area is 235 Å². The lowest BCUT2D eigenvalue weighted by molar-refractivity contribution is -0.138. The van der Waals surface area contributed by atoms with E-state index in [9.17, 15) is 19.2 Å². The van der Waals surface area contributed by atoms with Crippen LogP contribution in [0.1, 0.15) is 39.2 Å². The number of nitrogens with one attached hydrogen (secondary N) is 2. The first-order chi connectivity index (χ1) is 19.1. The van der Waals surface area contributed by atoms with Gasteiger partial charge < -0.3 is 39.1 Å². The van der Waals surface area contributed by atoms with Crippen LogP contribution in [0.2, 0.25) is 0 Å². The lowest BCUT2D eigenvalue weighted by atomic mass is 9.87. The number of amides is 2. The average Bonchev–Trinajstić information content (AvgIpc) is 2.92. The van der Waals surface area contributed by atoms with Crippen molar-refractivity contribution in [1.29, 1.82) is 0 Å². The SMILES string of the molecule is C=CC(=O)OCCCNC(=O)OCCOc1ccc(C(C)(C)C)cc1OCCOC(=O)NCCCOC(=O)C=C. The van der Waals surface area contributed by atoms with E-state index in [0.717, 1.165) is 17.7 Å². The van der Waals surface area contributed by atoms with E-state index < -0.39 is 24.1 Å². The number of rotatable bonds is 18. The molecule has 0 saturated carbocycles. The van der Waals surface area contributed by atoms with Gasteiger partial charge >= 0.3 is 24.1 Å². The Bertz CT molecular complexity index is 988. The fourth-order valence-electron chi connectivity index (χ4n) is 2.87. The summed E-state index contributed by atoms with van der Waals surface area (Å²) in [6, 6.07) is 5.55. The van der Waals surface area contributed by atoms with Crippen LogP contribution in [0, 0.1) is 0 Å². The first-order valence-corrected chi connectivity index (χ1v) is 12.9. The lowest BCUT2D eigenvalue weighted by Gasteiger charge is -2.21. The van der Waals surface area contributed by atoms with E-state index in [0.29, 0.717) is 24.3 Å². The Morgan fingerprint density at radius 3 is 1.62 bits per heavy atom. The summed E-state index contributed by atoms with van der Waals surface area (Å²) in [6.45, 7) is 13.8. The number of ether oxygens (including phenoxy) is 6. The van der Waals surface area contributed by atoms with Gasteiger partial charge in [0.2, 0.25) is 0 Å². The van der Waals surface area contributed by atoms with E-state index in [1.807, 2.05) is 12.1 Å². The number of benzene rings is 1. The third kappa shape index (κ3) is 15.3. The third-order valence-electron chi connectivity index (χ3n) is 4.96. The van der Waals surface area contributed by atoms with E-state index in [2.05, 4.69) is 44.6 Å². The van der Waals surface area contributed by atoms with Crippen molar-refractivity contribution in [3.05, 3.63) is 49.1 Å². The van der Waals surface area contributed by atoms with Gasteiger partial charge in [0.05, 0.1) is 13.2 Å². The van der Waals surface area contributed by atoms with E-state index in [-0.39, 0.29) is 58.1 Å². The highest BCUT2D eigenvalue weighted by Gasteiger charge is 2.17. The molecule has 0 aliphatic heterocycles. The van der Waals surface area contributed by atoms with Gasteiger partial charge in [0.1, 0.15) is 26.4 Å². The van der Waals surface area contributed by atoms with Gasteiger partial charge in [-0.15, -0.1) is 0 Å². The molecular formula is C28H40N2O10. The molecule has 0 atom stereocenters. The van der Waals surface area contributed by atoms with Crippen molar-refractivity contribution in [1.82, 2.24) is 10.6 Å². The molecule has 1 aromatic rings. The number of esters is 2. The first kappa shape index (κ1) is 33.8. The summed E-state index contributed by atoms with van der Waals surface area (Å²) in [5.74, 6) is -0.137. The van der Waals surface area contributed by atoms with E-state index in [1.54, 1.807) is 6.07 Å². The Morgan fingerprint density at radius 1 is 0.700 bits per heavy atom. The fourth-order valence-corrected chi connectivity index (χ4v) is 2.87. The standard InChI is InChI=1S/C28H40N2O10/c1-6-24(31)37-14-8-12-29-26(33)39-18-16-35-22-11-10-21(28(3,4)5)20-23(22)36-17-19-40-27(34)30-13-9-15-38-25(32)7-2/h6-7,10-11,20H,1-2,8-9,12-19H2,3-5H3,(H,29,33)(H,30,34). The zero-order chi connectivity index (χ0) is 29.8. The van der Waals surface area contributed by atoms with Gasteiger partial charge in [-0.1, -0.05) is 40.0 Å². The highest BCUT2D eigenvalue weighted by molar-refractivity contribution is 5.81. The smallest absolute Gasteiger partial charge is 0.407 e. The summed E-state index contributed by atoms with van der Waals surface area (Å²) < 4.78 is 31.4. The minimum Gasteiger partial charge on any atom is -0.486 e. The molecule has 0 aliphatic rings. The van der Waals surface area contributed by atoms with E-state index >= 15 is 0 Å². The minimum atomic E-state index is -0.619. The second kappa shape index (κ2) is 18.9. The van der Waals surface area contributed by atoms with Gasteiger partial charge in [-0.25, -0.2) is 19.2 Å². The van der Waals surface area contributed by atoms with E-state index in [1.165, 1.54) is 0 Å². The van der Waals surface area contributed by atoms with Gasteiger partial charge in [0, 0.05) is 25.2 Å². The van der Waals surface area contributed by atoms with Crippen LogP contribution in [-0.4, -0.2) is 76.9 Å². The highest BCUT2D eigenvalue weighted by Crippen LogP contribution is 2.33. The number of carbonyl (C=O) groups is 4. The molecule has 0 bridgehead atoms. The molecule has 2 amide bonds. The summed E-state index contributed by atoms with van der Waals surface area (Å²) in [5, 5.41) is 5.10. The van der Waals surface area contributed by atoms with E-state index in [4.69, 9.17) is 28.4 Å². The minimum absolute atomic E-state index is 0.00613. The number of hydrogen-bond donors (Lipinski definition) is 2. The van der Waals surface area contributed by atoms with Gasteiger partial charge in [-0.05, 0) is 36.0 Å². The molecule has 222 valence electrons. The predicted molar refractivity (Wildman–Crippen MR) is 146 cm³/mol. The molecule has 0 spiro atoms. The summed E-state index contributed by atoms with van der Waals surface area (Å²) in [7, 11) is 0. The monoisotopic (exact) mass is 564 g/mol. The molecule has 0 heterocycles. The van der Waals surface area contributed by atoms with Gasteiger partial charge in [-0.3, -0.25) is 0 Å². The quantitative estimate of drug-likeness (QED) is 0.118. The number of hydrogen-bond acceptors (Lipinski definition) is 10. The third-order valence-corrected chi connectivity index (χ3v) is 4.96. The topological polar surface area (TPSA) is 148 Å². The molecule has 0 unspecified atom stereocenters. The van der Waals surface area contributed by atoms with Crippen LogP contribution >= 0.6 is 0 Å². The number of carbonyl (C=O) groups excluding carboxylic acids is 4. The number of alkyl carbamates (subject to hydrolysis) is 2. The molecule has 0 fully saturated rings. The van der Waals surface area contributed by atoms with Crippen molar-refractivity contribution in [3.63, 3.8) is 0 Å². The van der Waals surface area contributed by atoms with Crippen molar-refractivity contribution < 1.29 is 47.6 Å². The van der Waals surface area contributed by atoms with Gasteiger partial charge in [0.15, 0.2) is 11.5 Å². The molecular weight excluding hydrogens is 524 g/mol. The van der Waals surface area contributed by atoms with Crippen molar-refractivity contribution >= 4 is 24.1 Å². The molecule has 0 saturated heterocycles. The highest BCUT2D eigenvalue weighted by atomic mass is 16.6. The Kier molecular flexibility index (Phi) is 16.0. The average molecular weight is 565 g/mol. The Balaban J connectivity index is 2.43. The maximum atomic E-state index is 11.8. The first-order valence-electron chi connectivity index (χ1n) is 12.9. The predicted octanol–water partition coefficient (Wildman–Crippen LogP) is 3.43. The van der Waals surface area contributed by atoms with Gasteiger partial charge in [0.25, 0.3) is 0 Å². The molecule has 1 rings (SSSR count). The van der Waals surface area contributed by atoms with Crippen molar-refractivity contribution in [2.75, 3.05) is 52.7 Å². The van der Waals surface area contributed by atoms with Crippen molar-refractivity contribution in [2.24, 2.45) is 0 Å².